The first-order valence-corrected chi connectivity index (χ1v) is 6.50. The lowest BCUT2D eigenvalue weighted by atomic mass is 10.2. The van der Waals surface area contributed by atoms with Crippen LogP contribution in [0.2, 0.25) is 0 Å². The predicted molar refractivity (Wildman–Crippen MR) is 79.5 cm³/mol. The fourth-order valence-corrected chi connectivity index (χ4v) is 1.98. The molecule has 0 aromatic heterocycles. The molecule has 0 fully saturated rings. The molecular weight excluding hydrogens is 327 g/mol. The lowest BCUT2D eigenvalue weighted by Crippen LogP contribution is -2.14. The van der Waals surface area contributed by atoms with Crippen LogP contribution in [0.15, 0.2) is 40.9 Å². The van der Waals surface area contributed by atoms with Gasteiger partial charge in [0.15, 0.2) is 0 Å². The van der Waals surface area contributed by atoms with Gasteiger partial charge in [-0.25, -0.2) is 4.39 Å². The van der Waals surface area contributed by atoms with E-state index in [9.17, 15) is 9.18 Å². The van der Waals surface area contributed by atoms with Crippen LogP contribution in [0.3, 0.4) is 0 Å². The summed E-state index contributed by atoms with van der Waals surface area (Å²) in [6, 6.07) is 9.05. The minimum absolute atomic E-state index is 0.0524. The van der Waals surface area contributed by atoms with Gasteiger partial charge in [0.2, 0.25) is 0 Å². The Balaban J connectivity index is 2.23. The van der Waals surface area contributed by atoms with Crippen molar-refractivity contribution in [2.45, 2.75) is 0 Å². The average molecular weight is 339 g/mol. The van der Waals surface area contributed by atoms with Crippen LogP contribution in [-0.4, -0.2) is 13.0 Å². The number of methoxy groups -OCH3 is 1. The molecule has 0 radical (unpaired) electrons. The van der Waals surface area contributed by atoms with Gasteiger partial charge in [-0.1, -0.05) is 15.9 Å². The second-order valence-corrected chi connectivity index (χ2v) is 4.95. The normalized spacial score (nSPS) is 10.2. The number of anilines is 2. The maximum atomic E-state index is 13.7. The molecule has 0 aliphatic carbocycles. The molecule has 2 rings (SSSR count). The van der Waals surface area contributed by atoms with Gasteiger partial charge >= 0.3 is 0 Å². The summed E-state index contributed by atoms with van der Waals surface area (Å²) in [5, 5.41) is 2.56. The largest absolute Gasteiger partial charge is 0.497 e. The van der Waals surface area contributed by atoms with Gasteiger partial charge in [-0.15, -0.1) is 0 Å². The van der Waals surface area contributed by atoms with E-state index in [1.54, 1.807) is 24.3 Å². The van der Waals surface area contributed by atoms with E-state index in [1.807, 2.05) is 0 Å². The molecule has 4 nitrogen and oxygen atoms in total. The van der Waals surface area contributed by atoms with Gasteiger partial charge in [0.05, 0.1) is 24.0 Å². The quantitative estimate of drug-likeness (QED) is 0.842. The molecule has 0 saturated carbocycles. The Labute approximate surface area is 123 Å². The summed E-state index contributed by atoms with van der Waals surface area (Å²) in [4.78, 5) is 12.0. The standard InChI is InChI=1S/C14H12BrFN2O2/c1-20-9-3-5-13(12(17)7-9)18-14(19)10-4-2-8(15)6-11(10)16/h2-7H,17H2,1H3,(H,18,19). The van der Waals surface area contributed by atoms with Crippen molar-refractivity contribution in [3.8, 4) is 5.75 Å². The highest BCUT2D eigenvalue weighted by Gasteiger charge is 2.13. The topological polar surface area (TPSA) is 64.3 Å². The molecule has 6 heteroatoms. The third-order valence-electron chi connectivity index (χ3n) is 2.68. The molecule has 0 heterocycles. The van der Waals surface area contributed by atoms with Crippen LogP contribution in [0.5, 0.6) is 5.75 Å². The number of benzene rings is 2. The number of nitrogens with two attached hydrogens (primary N) is 1. The van der Waals surface area contributed by atoms with Crippen LogP contribution in [0.4, 0.5) is 15.8 Å². The van der Waals surface area contributed by atoms with Crippen LogP contribution in [0.1, 0.15) is 10.4 Å². The van der Waals surface area contributed by atoms with Gasteiger partial charge in [0.25, 0.3) is 5.91 Å². The van der Waals surface area contributed by atoms with Crippen molar-refractivity contribution in [3.63, 3.8) is 0 Å². The number of nitrogen functional groups attached to an aromatic ring is 1. The number of hydrogen-bond acceptors (Lipinski definition) is 3. The Morgan fingerprint density at radius 2 is 2.05 bits per heavy atom. The van der Waals surface area contributed by atoms with Crippen molar-refractivity contribution in [1.82, 2.24) is 0 Å². The molecule has 2 aromatic carbocycles. The third kappa shape index (κ3) is 3.08. The molecule has 104 valence electrons. The van der Waals surface area contributed by atoms with Gasteiger partial charge in [-0.2, -0.15) is 0 Å². The summed E-state index contributed by atoms with van der Waals surface area (Å²) in [5.41, 5.74) is 6.48. The van der Waals surface area contributed by atoms with E-state index < -0.39 is 11.7 Å². The summed E-state index contributed by atoms with van der Waals surface area (Å²) in [7, 11) is 1.52. The van der Waals surface area contributed by atoms with E-state index >= 15 is 0 Å². The first-order valence-electron chi connectivity index (χ1n) is 5.71. The number of carbonyl (C=O) groups excluding carboxylic acids is 1. The summed E-state index contributed by atoms with van der Waals surface area (Å²) in [5.74, 6) is -0.592. The minimum atomic E-state index is -0.607. The van der Waals surface area contributed by atoms with Gasteiger partial charge in [0.1, 0.15) is 11.6 Å². The number of ether oxygens (including phenoxy) is 1. The molecule has 0 saturated heterocycles. The number of nitrogens with one attached hydrogen (secondary N) is 1. The van der Waals surface area contributed by atoms with Crippen LogP contribution in [-0.2, 0) is 0 Å². The Morgan fingerprint density at radius 3 is 2.65 bits per heavy atom. The fourth-order valence-electron chi connectivity index (χ4n) is 1.64. The highest BCUT2D eigenvalue weighted by molar-refractivity contribution is 9.10. The van der Waals surface area contributed by atoms with Crippen molar-refractivity contribution in [1.29, 1.82) is 0 Å². The molecule has 0 atom stereocenters. The maximum Gasteiger partial charge on any atom is 0.258 e. The highest BCUT2D eigenvalue weighted by Crippen LogP contribution is 2.25. The number of rotatable bonds is 3. The first kappa shape index (κ1) is 14.3. The monoisotopic (exact) mass is 338 g/mol. The average Bonchev–Trinajstić information content (AvgIpc) is 2.40. The van der Waals surface area contributed by atoms with Gasteiger partial charge in [0, 0.05) is 10.5 Å². The molecule has 2 aromatic rings. The Bertz CT molecular complexity index is 662. The van der Waals surface area contributed by atoms with Crippen LogP contribution < -0.4 is 15.8 Å². The molecular formula is C14H12BrFN2O2. The lowest BCUT2D eigenvalue weighted by Gasteiger charge is -2.10. The smallest absolute Gasteiger partial charge is 0.258 e. The predicted octanol–water partition coefficient (Wildman–Crippen LogP) is 3.43. The van der Waals surface area contributed by atoms with Crippen molar-refractivity contribution < 1.29 is 13.9 Å². The molecule has 0 spiro atoms. The number of halogens is 2. The van der Waals surface area contributed by atoms with E-state index in [2.05, 4.69) is 21.2 Å². The molecule has 0 bridgehead atoms. The molecule has 0 aliphatic heterocycles. The Hall–Kier alpha value is -2.08. The van der Waals surface area contributed by atoms with Crippen molar-refractivity contribution in [2.75, 3.05) is 18.2 Å². The zero-order valence-corrected chi connectivity index (χ0v) is 12.2. The number of hydrogen-bond donors (Lipinski definition) is 2. The summed E-state index contributed by atoms with van der Waals surface area (Å²) < 4.78 is 19.3. The van der Waals surface area contributed by atoms with Gasteiger partial charge < -0.3 is 15.8 Å². The van der Waals surface area contributed by atoms with E-state index in [0.29, 0.717) is 21.6 Å². The minimum Gasteiger partial charge on any atom is -0.497 e. The maximum absolute atomic E-state index is 13.7. The van der Waals surface area contributed by atoms with E-state index in [0.717, 1.165) is 0 Å². The molecule has 1 amide bonds. The van der Waals surface area contributed by atoms with E-state index in [4.69, 9.17) is 10.5 Å². The zero-order chi connectivity index (χ0) is 14.7. The fraction of sp³-hybridized carbons (Fsp3) is 0.0714. The Morgan fingerprint density at radius 1 is 1.30 bits per heavy atom. The third-order valence-corrected chi connectivity index (χ3v) is 3.18. The molecule has 3 N–H and O–H groups in total. The highest BCUT2D eigenvalue weighted by atomic mass is 79.9. The zero-order valence-electron chi connectivity index (χ0n) is 10.6. The number of carbonyl (C=O) groups is 1. The molecule has 0 unspecified atom stereocenters. The molecule has 20 heavy (non-hydrogen) atoms. The summed E-state index contributed by atoms with van der Waals surface area (Å²) in [6.45, 7) is 0. The van der Waals surface area contributed by atoms with Crippen molar-refractivity contribution in [3.05, 3.63) is 52.3 Å². The van der Waals surface area contributed by atoms with Crippen LogP contribution in [0.25, 0.3) is 0 Å². The SMILES string of the molecule is COc1ccc(NC(=O)c2ccc(Br)cc2F)c(N)c1. The summed E-state index contributed by atoms with van der Waals surface area (Å²) >= 11 is 3.13. The number of amides is 1. The van der Waals surface area contributed by atoms with Crippen molar-refractivity contribution in [2.24, 2.45) is 0 Å². The van der Waals surface area contributed by atoms with Crippen LogP contribution >= 0.6 is 15.9 Å². The molecule has 0 aliphatic rings. The van der Waals surface area contributed by atoms with E-state index in [-0.39, 0.29) is 5.56 Å². The van der Waals surface area contributed by atoms with Crippen LogP contribution in [0, 0.1) is 5.82 Å². The Kier molecular flexibility index (Phi) is 4.24. The first-order chi connectivity index (χ1) is 9.51. The van der Waals surface area contributed by atoms with E-state index in [1.165, 1.54) is 19.2 Å². The van der Waals surface area contributed by atoms with Gasteiger partial charge in [-0.05, 0) is 30.3 Å². The second-order valence-electron chi connectivity index (χ2n) is 4.03. The van der Waals surface area contributed by atoms with Gasteiger partial charge in [-0.3, -0.25) is 4.79 Å². The lowest BCUT2D eigenvalue weighted by molar-refractivity contribution is 0.102. The van der Waals surface area contributed by atoms with Crippen molar-refractivity contribution >= 4 is 33.2 Å². The summed E-state index contributed by atoms with van der Waals surface area (Å²) in [6.07, 6.45) is 0. The second kappa shape index (κ2) is 5.92.